The van der Waals surface area contributed by atoms with Gasteiger partial charge in [0.15, 0.2) is 0 Å². The molecule has 0 unspecified atom stereocenters. The smallest absolute Gasteiger partial charge is 0.281 e. The maximum Gasteiger partial charge on any atom is 0.281 e. The zero-order valence-electron chi connectivity index (χ0n) is 14.4. The lowest BCUT2D eigenvalue weighted by molar-refractivity contribution is 0.0976. The van der Waals surface area contributed by atoms with Gasteiger partial charge in [-0.15, -0.1) is 0 Å². The molecule has 7 heteroatoms. The largest absolute Gasteiger partial charge is 0.494 e. The topological polar surface area (TPSA) is 88.3 Å². The minimum absolute atomic E-state index is 0.274. The second-order valence-corrected chi connectivity index (χ2v) is 7.74. The third kappa shape index (κ3) is 4.43. The van der Waals surface area contributed by atoms with Gasteiger partial charge in [0.2, 0.25) is 10.0 Å². The van der Waals surface area contributed by atoms with Crippen molar-refractivity contribution in [2.24, 2.45) is 0 Å². The average Bonchev–Trinajstić information content (AvgIpc) is 2.97. The number of carbonyl (C=O) groups is 1. The van der Waals surface area contributed by atoms with Crippen LogP contribution in [0.4, 0.5) is 0 Å². The van der Waals surface area contributed by atoms with Crippen LogP contribution in [0.2, 0.25) is 0 Å². The number of ether oxygens (including phenoxy) is 1. The van der Waals surface area contributed by atoms with Gasteiger partial charge in [-0.3, -0.25) is 4.79 Å². The van der Waals surface area contributed by atoms with Crippen molar-refractivity contribution >= 4 is 26.8 Å². The maximum absolute atomic E-state index is 12.4. The normalized spacial score (nSPS) is 11.4. The van der Waals surface area contributed by atoms with Gasteiger partial charge in [-0.25, -0.2) is 13.1 Å². The molecule has 0 atom stereocenters. The van der Waals surface area contributed by atoms with Crippen molar-refractivity contribution in [1.29, 1.82) is 0 Å². The van der Waals surface area contributed by atoms with Crippen molar-refractivity contribution in [1.82, 2.24) is 9.71 Å². The number of rotatable bonds is 7. The van der Waals surface area contributed by atoms with Crippen LogP contribution in [0.25, 0.3) is 10.9 Å². The first-order chi connectivity index (χ1) is 12.4. The minimum Gasteiger partial charge on any atom is -0.494 e. The third-order valence-corrected chi connectivity index (χ3v) is 4.46. The monoisotopic (exact) mass is 372 g/mol. The van der Waals surface area contributed by atoms with E-state index in [9.17, 15) is 13.2 Å². The quantitative estimate of drug-likeness (QED) is 0.624. The predicted molar refractivity (Wildman–Crippen MR) is 101 cm³/mol. The Morgan fingerprint density at radius 2 is 1.77 bits per heavy atom. The van der Waals surface area contributed by atoms with Gasteiger partial charge in [0, 0.05) is 10.9 Å². The van der Waals surface area contributed by atoms with Crippen LogP contribution < -0.4 is 9.46 Å². The number of hydrogen-bond donors (Lipinski definition) is 2. The molecule has 0 fully saturated rings. The van der Waals surface area contributed by atoms with E-state index >= 15 is 0 Å². The van der Waals surface area contributed by atoms with E-state index in [1.165, 1.54) is 0 Å². The van der Waals surface area contributed by atoms with Gasteiger partial charge in [-0.2, -0.15) is 0 Å². The minimum atomic E-state index is -3.63. The molecule has 136 valence electrons. The molecule has 0 aliphatic heterocycles. The molecule has 6 nitrogen and oxygen atoms in total. The number of para-hydroxylation sites is 2. The van der Waals surface area contributed by atoms with Crippen LogP contribution in [0.1, 0.15) is 22.5 Å². The molecule has 3 rings (SSSR count). The van der Waals surface area contributed by atoms with Gasteiger partial charge in [0.25, 0.3) is 5.91 Å². The van der Waals surface area contributed by atoms with Gasteiger partial charge in [-0.05, 0) is 36.6 Å². The molecule has 2 aromatic carbocycles. The first kappa shape index (κ1) is 18.0. The predicted octanol–water partition coefficient (Wildman–Crippen LogP) is 2.87. The van der Waals surface area contributed by atoms with Crippen LogP contribution in [0.3, 0.4) is 0 Å². The van der Waals surface area contributed by atoms with Crippen LogP contribution in [-0.4, -0.2) is 32.2 Å². The maximum atomic E-state index is 12.4. The number of sulfonamides is 1. The fourth-order valence-corrected chi connectivity index (χ4v) is 3.27. The Kier molecular flexibility index (Phi) is 5.27. The molecule has 0 saturated carbocycles. The fourth-order valence-electron chi connectivity index (χ4n) is 2.83. The molecule has 3 aromatic rings. The van der Waals surface area contributed by atoms with E-state index in [0.29, 0.717) is 19.4 Å². The molecule has 1 amide bonds. The lowest BCUT2D eigenvalue weighted by atomic mass is 10.1. The van der Waals surface area contributed by atoms with Gasteiger partial charge in [0.05, 0.1) is 12.9 Å². The molecule has 0 saturated heterocycles. The van der Waals surface area contributed by atoms with Crippen LogP contribution >= 0.6 is 0 Å². The van der Waals surface area contributed by atoms with Crippen LogP contribution in [0.5, 0.6) is 5.75 Å². The lowest BCUT2D eigenvalue weighted by Crippen LogP contribution is -2.30. The van der Waals surface area contributed by atoms with Crippen molar-refractivity contribution < 1.29 is 17.9 Å². The van der Waals surface area contributed by atoms with Gasteiger partial charge in [-0.1, -0.05) is 36.4 Å². The average molecular weight is 372 g/mol. The summed E-state index contributed by atoms with van der Waals surface area (Å²) in [5.74, 6) is 0.143. The summed E-state index contributed by atoms with van der Waals surface area (Å²) in [6.45, 7) is 0.497. The molecule has 0 spiro atoms. The number of carbonyl (C=O) groups excluding carboxylic acids is 1. The Labute approximate surface area is 152 Å². The number of fused-ring (bicyclic) bond motifs is 1. The summed E-state index contributed by atoms with van der Waals surface area (Å²) in [4.78, 5) is 15.4. The van der Waals surface area contributed by atoms with Crippen molar-refractivity contribution in [3.63, 3.8) is 0 Å². The number of hydrogen-bond acceptors (Lipinski definition) is 4. The summed E-state index contributed by atoms with van der Waals surface area (Å²) in [7, 11) is -3.63. The number of aryl methyl sites for hydroxylation is 1. The summed E-state index contributed by atoms with van der Waals surface area (Å²) in [6, 6.07) is 17.0. The van der Waals surface area contributed by atoms with E-state index in [-0.39, 0.29) is 5.69 Å². The van der Waals surface area contributed by atoms with Crippen molar-refractivity contribution in [3.8, 4) is 5.75 Å². The highest BCUT2D eigenvalue weighted by Gasteiger charge is 2.19. The second kappa shape index (κ2) is 7.61. The lowest BCUT2D eigenvalue weighted by Gasteiger charge is -2.07. The molecule has 1 aromatic heterocycles. The molecule has 0 aliphatic rings. The van der Waals surface area contributed by atoms with E-state index < -0.39 is 15.9 Å². The Hall–Kier alpha value is -2.80. The molecular weight excluding hydrogens is 352 g/mol. The molecular formula is C19H20N2O4S. The van der Waals surface area contributed by atoms with Crippen molar-refractivity contribution in [2.75, 3.05) is 12.9 Å². The standard InChI is InChI=1S/C19H20N2O4S/c1-26(23,24)21-19(22)18-16(15-10-5-6-12-17(15)20-18)11-7-13-25-14-8-3-2-4-9-14/h2-6,8-10,12,20H,7,11,13H2,1H3,(H,21,22). The Morgan fingerprint density at radius 3 is 2.50 bits per heavy atom. The molecule has 0 bridgehead atoms. The first-order valence-electron chi connectivity index (χ1n) is 8.23. The van der Waals surface area contributed by atoms with E-state index in [1.54, 1.807) is 0 Å². The zero-order chi connectivity index (χ0) is 18.6. The van der Waals surface area contributed by atoms with E-state index in [4.69, 9.17) is 4.74 Å². The van der Waals surface area contributed by atoms with Crippen LogP contribution in [-0.2, 0) is 16.4 Å². The SMILES string of the molecule is CS(=O)(=O)NC(=O)c1[nH]c2ccccc2c1CCCOc1ccccc1. The number of nitrogens with one attached hydrogen (secondary N) is 2. The van der Waals surface area contributed by atoms with Crippen LogP contribution in [0, 0.1) is 0 Å². The summed E-state index contributed by atoms with van der Waals surface area (Å²) >= 11 is 0. The summed E-state index contributed by atoms with van der Waals surface area (Å²) < 4.78 is 30.5. The number of benzene rings is 2. The molecule has 26 heavy (non-hydrogen) atoms. The second-order valence-electron chi connectivity index (χ2n) is 5.99. The Balaban J connectivity index is 1.77. The highest BCUT2D eigenvalue weighted by atomic mass is 32.2. The van der Waals surface area contributed by atoms with E-state index in [0.717, 1.165) is 28.5 Å². The molecule has 1 heterocycles. The highest BCUT2D eigenvalue weighted by molar-refractivity contribution is 7.89. The van der Waals surface area contributed by atoms with E-state index in [1.807, 2.05) is 59.3 Å². The summed E-state index contributed by atoms with van der Waals surface area (Å²) in [5, 5.41) is 0.908. The van der Waals surface area contributed by atoms with Crippen molar-refractivity contribution in [3.05, 3.63) is 65.9 Å². The Bertz CT molecular complexity index is 1010. The number of amides is 1. The highest BCUT2D eigenvalue weighted by Crippen LogP contribution is 2.24. The zero-order valence-corrected chi connectivity index (χ0v) is 15.2. The fraction of sp³-hybridized carbons (Fsp3) is 0.211. The third-order valence-electron chi connectivity index (χ3n) is 3.90. The molecule has 0 radical (unpaired) electrons. The van der Waals surface area contributed by atoms with Gasteiger partial charge >= 0.3 is 0 Å². The van der Waals surface area contributed by atoms with Gasteiger partial charge in [0.1, 0.15) is 11.4 Å². The molecule has 2 N–H and O–H groups in total. The number of aromatic nitrogens is 1. The number of H-pyrrole nitrogens is 1. The van der Waals surface area contributed by atoms with E-state index in [2.05, 4.69) is 4.98 Å². The van der Waals surface area contributed by atoms with Crippen LogP contribution in [0.15, 0.2) is 54.6 Å². The number of aromatic amines is 1. The molecule has 0 aliphatic carbocycles. The van der Waals surface area contributed by atoms with Gasteiger partial charge < -0.3 is 9.72 Å². The summed E-state index contributed by atoms with van der Waals surface area (Å²) in [5.41, 5.74) is 1.86. The van der Waals surface area contributed by atoms with Crippen molar-refractivity contribution in [2.45, 2.75) is 12.8 Å². The Morgan fingerprint density at radius 1 is 1.08 bits per heavy atom. The first-order valence-corrected chi connectivity index (χ1v) is 10.1. The summed E-state index contributed by atoms with van der Waals surface area (Å²) in [6.07, 6.45) is 2.24.